The van der Waals surface area contributed by atoms with Crippen molar-refractivity contribution in [2.24, 2.45) is 5.41 Å². The summed E-state index contributed by atoms with van der Waals surface area (Å²) in [6.45, 7) is 14.3. The second-order valence-electron chi connectivity index (χ2n) is 11.4. The van der Waals surface area contributed by atoms with Crippen molar-refractivity contribution in [3.63, 3.8) is 0 Å². The summed E-state index contributed by atoms with van der Waals surface area (Å²) in [6, 6.07) is 19.1. The fraction of sp³-hybridized carbons (Fsp3) is 0.323. The summed E-state index contributed by atoms with van der Waals surface area (Å²) in [5.74, 6) is 0. The second kappa shape index (κ2) is 7.66. The van der Waals surface area contributed by atoms with Gasteiger partial charge in [-0.05, 0) is 73.7 Å². The van der Waals surface area contributed by atoms with Gasteiger partial charge in [-0.1, -0.05) is 63.2 Å². The third-order valence-electron chi connectivity index (χ3n) is 6.75. The number of hydrogen-bond acceptors (Lipinski definition) is 1. The van der Waals surface area contributed by atoms with E-state index in [-0.39, 0.29) is 5.41 Å². The maximum atomic E-state index is 15.5. The Labute approximate surface area is 201 Å². The van der Waals surface area contributed by atoms with Gasteiger partial charge in [-0.15, -0.1) is 0 Å². The zero-order valence-corrected chi connectivity index (χ0v) is 21.3. The Hall–Kier alpha value is -3.20. The number of benzene rings is 3. The molecule has 0 amide bonds. The largest absolute Gasteiger partial charge is 0.292 e. The number of halogens is 1. The average Bonchev–Trinajstić information content (AvgIpc) is 3.16. The van der Waals surface area contributed by atoms with E-state index in [4.69, 9.17) is 4.98 Å². The van der Waals surface area contributed by atoms with Crippen molar-refractivity contribution in [2.45, 2.75) is 60.6 Å². The van der Waals surface area contributed by atoms with Crippen molar-refractivity contribution in [1.29, 1.82) is 0 Å². The van der Waals surface area contributed by atoms with E-state index in [9.17, 15) is 0 Å². The van der Waals surface area contributed by atoms with E-state index in [1.54, 1.807) is 13.8 Å². The molecule has 0 saturated carbocycles. The Balaban J connectivity index is 1.99. The molecule has 2 nitrogen and oxygen atoms in total. The van der Waals surface area contributed by atoms with Crippen molar-refractivity contribution in [3.05, 3.63) is 83.0 Å². The van der Waals surface area contributed by atoms with Gasteiger partial charge < -0.3 is 0 Å². The SMILES string of the molecule is Cc1cccc(C)c1-c1cnc2c3c(C(C)(C)F)cccc3c3cc(CC(C)(C)C)ccc3n12. The number of rotatable bonds is 3. The van der Waals surface area contributed by atoms with E-state index in [1.165, 1.54) is 22.3 Å². The van der Waals surface area contributed by atoms with Gasteiger partial charge in [-0.2, -0.15) is 0 Å². The minimum atomic E-state index is -1.48. The first kappa shape index (κ1) is 22.6. The predicted octanol–water partition coefficient (Wildman–Crippen LogP) is 8.72. The van der Waals surface area contributed by atoms with Crippen LogP contribution in [0.5, 0.6) is 0 Å². The molecule has 0 fully saturated rings. The number of hydrogen-bond donors (Lipinski definition) is 0. The summed E-state index contributed by atoms with van der Waals surface area (Å²) in [5, 5.41) is 3.09. The molecule has 0 radical (unpaired) electrons. The van der Waals surface area contributed by atoms with Gasteiger partial charge in [0.15, 0.2) is 0 Å². The molecule has 0 atom stereocenters. The quantitative estimate of drug-likeness (QED) is 0.250. The first-order valence-electron chi connectivity index (χ1n) is 12.1. The summed E-state index contributed by atoms with van der Waals surface area (Å²) in [7, 11) is 0. The van der Waals surface area contributed by atoms with Gasteiger partial charge in [-0.3, -0.25) is 4.40 Å². The van der Waals surface area contributed by atoms with Crippen LogP contribution in [0.15, 0.2) is 60.8 Å². The van der Waals surface area contributed by atoms with Crippen LogP contribution in [-0.2, 0) is 12.1 Å². The molecule has 34 heavy (non-hydrogen) atoms. The molecule has 5 rings (SSSR count). The Bertz CT molecular complexity index is 1540. The summed E-state index contributed by atoms with van der Waals surface area (Å²) < 4.78 is 17.7. The molecule has 5 aromatic rings. The topological polar surface area (TPSA) is 17.3 Å². The lowest BCUT2D eigenvalue weighted by Gasteiger charge is -2.21. The van der Waals surface area contributed by atoms with E-state index in [1.807, 2.05) is 18.3 Å². The number of fused-ring (bicyclic) bond motifs is 6. The number of aryl methyl sites for hydroxylation is 2. The third-order valence-corrected chi connectivity index (χ3v) is 6.75. The van der Waals surface area contributed by atoms with Crippen LogP contribution in [0.25, 0.3) is 38.6 Å². The monoisotopic (exact) mass is 452 g/mol. The Kier molecular flexibility index (Phi) is 5.09. The molecule has 174 valence electrons. The Morgan fingerprint density at radius 2 is 1.53 bits per heavy atom. The highest BCUT2D eigenvalue weighted by molar-refractivity contribution is 6.14. The first-order chi connectivity index (χ1) is 16.0. The van der Waals surface area contributed by atoms with Crippen LogP contribution in [-0.4, -0.2) is 9.38 Å². The number of aromatic nitrogens is 2. The maximum absolute atomic E-state index is 15.5. The molecule has 0 aliphatic rings. The van der Waals surface area contributed by atoms with Crippen LogP contribution in [0, 0.1) is 19.3 Å². The van der Waals surface area contributed by atoms with Gasteiger partial charge in [0.25, 0.3) is 0 Å². The zero-order chi connectivity index (χ0) is 24.4. The lowest BCUT2D eigenvalue weighted by Crippen LogP contribution is -2.11. The van der Waals surface area contributed by atoms with E-state index < -0.39 is 5.67 Å². The van der Waals surface area contributed by atoms with Crippen molar-refractivity contribution >= 4 is 27.3 Å². The van der Waals surface area contributed by atoms with Gasteiger partial charge in [0.1, 0.15) is 11.3 Å². The van der Waals surface area contributed by atoms with Crippen molar-refractivity contribution in [2.75, 3.05) is 0 Å². The van der Waals surface area contributed by atoms with Crippen molar-refractivity contribution in [3.8, 4) is 11.3 Å². The van der Waals surface area contributed by atoms with Crippen molar-refractivity contribution in [1.82, 2.24) is 9.38 Å². The second-order valence-corrected chi connectivity index (χ2v) is 11.4. The lowest BCUT2D eigenvalue weighted by molar-refractivity contribution is 0.224. The molecule has 2 aromatic heterocycles. The molecule has 0 spiro atoms. The highest BCUT2D eigenvalue weighted by atomic mass is 19.1. The van der Waals surface area contributed by atoms with Crippen LogP contribution >= 0.6 is 0 Å². The Morgan fingerprint density at radius 1 is 0.853 bits per heavy atom. The van der Waals surface area contributed by atoms with Crippen LogP contribution < -0.4 is 0 Å². The molecule has 0 aliphatic heterocycles. The fourth-order valence-corrected chi connectivity index (χ4v) is 5.40. The average molecular weight is 453 g/mol. The highest BCUT2D eigenvalue weighted by Gasteiger charge is 2.26. The summed E-state index contributed by atoms with van der Waals surface area (Å²) >= 11 is 0. The summed E-state index contributed by atoms with van der Waals surface area (Å²) in [4.78, 5) is 4.91. The minimum Gasteiger partial charge on any atom is -0.292 e. The van der Waals surface area contributed by atoms with Gasteiger partial charge in [0.05, 0.1) is 17.4 Å². The van der Waals surface area contributed by atoms with Crippen molar-refractivity contribution < 1.29 is 4.39 Å². The maximum Gasteiger partial charge on any atom is 0.146 e. The van der Waals surface area contributed by atoms with Gasteiger partial charge >= 0.3 is 0 Å². The molecular formula is C31H33FN2. The normalized spacial score (nSPS) is 12.8. The standard InChI is InChI=1S/C31H33FN2/c1-19-10-8-11-20(2)27(19)26-18-33-29-28-22(12-9-13-24(28)31(6,7)32)23-16-21(17-30(3,4)5)14-15-25(23)34(26)29/h8-16,18H,17H2,1-7H3. The fourth-order valence-electron chi connectivity index (χ4n) is 5.40. The zero-order valence-electron chi connectivity index (χ0n) is 21.3. The molecule has 0 saturated heterocycles. The van der Waals surface area contributed by atoms with Crippen LogP contribution in [0.1, 0.15) is 56.9 Å². The molecule has 3 heteroatoms. The number of pyridine rings is 1. The number of alkyl halides is 1. The van der Waals surface area contributed by atoms with Gasteiger partial charge in [-0.25, -0.2) is 9.37 Å². The lowest BCUT2D eigenvalue weighted by atomic mass is 9.87. The van der Waals surface area contributed by atoms with Crippen LogP contribution in [0.3, 0.4) is 0 Å². The molecule has 3 aromatic carbocycles. The Morgan fingerprint density at radius 3 is 2.18 bits per heavy atom. The van der Waals surface area contributed by atoms with E-state index in [2.05, 4.69) is 81.5 Å². The molecule has 2 heterocycles. The van der Waals surface area contributed by atoms with Crippen LogP contribution in [0.4, 0.5) is 4.39 Å². The smallest absolute Gasteiger partial charge is 0.146 e. The van der Waals surface area contributed by atoms with E-state index in [0.717, 1.165) is 39.4 Å². The van der Waals surface area contributed by atoms with Gasteiger partial charge in [0, 0.05) is 21.9 Å². The highest BCUT2D eigenvalue weighted by Crippen LogP contribution is 2.40. The van der Waals surface area contributed by atoms with Gasteiger partial charge in [0.2, 0.25) is 0 Å². The summed E-state index contributed by atoms with van der Waals surface area (Å²) in [5.41, 5.74) is 7.22. The van der Waals surface area contributed by atoms with Crippen LogP contribution in [0.2, 0.25) is 0 Å². The molecule has 0 unspecified atom stereocenters. The predicted molar refractivity (Wildman–Crippen MR) is 142 cm³/mol. The van der Waals surface area contributed by atoms with E-state index in [0.29, 0.717) is 5.56 Å². The first-order valence-corrected chi connectivity index (χ1v) is 12.1. The molecule has 0 aliphatic carbocycles. The molecule has 0 bridgehead atoms. The molecule has 0 N–H and O–H groups in total. The van der Waals surface area contributed by atoms with E-state index >= 15 is 4.39 Å². The number of imidazole rings is 1. The third kappa shape index (κ3) is 3.68. The summed E-state index contributed by atoms with van der Waals surface area (Å²) in [6.07, 6.45) is 2.93. The minimum absolute atomic E-state index is 0.179. The molecular weight excluding hydrogens is 419 g/mol. The number of nitrogens with zero attached hydrogens (tertiary/aromatic N) is 2.